The number of aromatic amines is 1. The van der Waals surface area contributed by atoms with Gasteiger partial charge in [0.15, 0.2) is 5.82 Å². The smallest absolute Gasteiger partial charge is 0.475 e. The number of hydrogen-bond acceptors (Lipinski definition) is 4. The van der Waals surface area contributed by atoms with E-state index in [0.29, 0.717) is 5.82 Å². The van der Waals surface area contributed by atoms with Crippen LogP contribution in [-0.2, 0) is 16.0 Å². The first-order chi connectivity index (χ1) is 11.6. The van der Waals surface area contributed by atoms with E-state index in [0.717, 1.165) is 11.3 Å². The number of aliphatic hydroxyl groups is 1. The molecule has 1 aromatic carbocycles. The molecule has 0 fully saturated rings. The van der Waals surface area contributed by atoms with Gasteiger partial charge in [-0.05, 0) is 12.5 Å². The number of carboxylic acid groups (broad SMARTS) is 1. The average Bonchev–Trinajstić information content (AvgIpc) is 2.93. The molecule has 0 aliphatic heterocycles. The quantitative estimate of drug-likeness (QED) is 0.665. The van der Waals surface area contributed by atoms with Crippen LogP contribution in [0.5, 0.6) is 0 Å². The second-order valence-electron chi connectivity index (χ2n) is 4.93. The number of anilines is 1. The molecule has 0 spiro atoms. The Balaban J connectivity index is 0.000000381. The number of aliphatic hydroxyl groups excluding tert-OH is 1. The minimum Gasteiger partial charge on any atom is -0.475 e. The molecule has 10 heteroatoms. The van der Waals surface area contributed by atoms with Crippen LogP contribution < -0.4 is 5.32 Å². The molecule has 0 saturated heterocycles. The summed E-state index contributed by atoms with van der Waals surface area (Å²) in [5.41, 5.74) is 1.77. The minimum absolute atomic E-state index is 0.288. The number of aromatic nitrogens is 2. The summed E-state index contributed by atoms with van der Waals surface area (Å²) in [4.78, 5) is 20.6. The maximum Gasteiger partial charge on any atom is 0.490 e. The fourth-order valence-electron chi connectivity index (χ4n) is 1.62. The molecule has 4 N–H and O–H groups in total. The predicted molar refractivity (Wildman–Crippen MR) is 81.8 cm³/mol. The van der Waals surface area contributed by atoms with Crippen LogP contribution in [0.2, 0.25) is 0 Å². The maximum atomic E-state index is 11.7. The molecule has 7 nitrogen and oxygen atoms in total. The monoisotopic (exact) mass is 359 g/mol. The highest BCUT2D eigenvalue weighted by molar-refractivity contribution is 5.93. The van der Waals surface area contributed by atoms with E-state index < -0.39 is 24.2 Å². The first-order valence-corrected chi connectivity index (χ1v) is 6.94. The Bertz CT molecular complexity index is 702. The van der Waals surface area contributed by atoms with Crippen molar-refractivity contribution in [3.63, 3.8) is 0 Å². The third-order valence-corrected chi connectivity index (χ3v) is 2.77. The van der Waals surface area contributed by atoms with Crippen molar-refractivity contribution >= 4 is 17.7 Å². The first-order valence-electron chi connectivity index (χ1n) is 6.94. The molecule has 1 heterocycles. The van der Waals surface area contributed by atoms with Gasteiger partial charge in [-0.3, -0.25) is 9.89 Å². The van der Waals surface area contributed by atoms with Gasteiger partial charge >= 0.3 is 12.1 Å². The molecule has 136 valence electrons. The summed E-state index contributed by atoms with van der Waals surface area (Å²) < 4.78 is 31.7. The van der Waals surface area contributed by atoms with Crippen molar-refractivity contribution in [2.75, 3.05) is 5.32 Å². The molecule has 1 aromatic heterocycles. The second-order valence-corrected chi connectivity index (χ2v) is 4.93. The van der Waals surface area contributed by atoms with Crippen molar-refractivity contribution in [2.24, 2.45) is 0 Å². The average molecular weight is 359 g/mol. The van der Waals surface area contributed by atoms with E-state index in [4.69, 9.17) is 9.90 Å². The van der Waals surface area contributed by atoms with E-state index in [1.807, 2.05) is 37.3 Å². The third-order valence-electron chi connectivity index (χ3n) is 2.77. The van der Waals surface area contributed by atoms with Crippen molar-refractivity contribution in [3.8, 4) is 0 Å². The Morgan fingerprint density at radius 1 is 1.28 bits per heavy atom. The number of amides is 1. The lowest BCUT2D eigenvalue weighted by molar-refractivity contribution is -0.192. The molecule has 1 unspecified atom stereocenters. The molecule has 2 rings (SSSR count). The molecule has 1 atom stereocenters. The van der Waals surface area contributed by atoms with Crippen molar-refractivity contribution in [1.29, 1.82) is 0 Å². The van der Waals surface area contributed by atoms with E-state index in [1.54, 1.807) is 6.07 Å². The summed E-state index contributed by atoms with van der Waals surface area (Å²) >= 11 is 0. The Kier molecular flexibility index (Phi) is 7.12. The van der Waals surface area contributed by atoms with E-state index in [1.165, 1.54) is 0 Å². The van der Waals surface area contributed by atoms with Crippen molar-refractivity contribution in [1.82, 2.24) is 10.2 Å². The van der Waals surface area contributed by atoms with Gasteiger partial charge in [0.25, 0.3) is 5.91 Å². The molecule has 1 amide bonds. The SMILES string of the molecule is Cc1cc(NC(=O)C(O)Cc2ccccc2)n[nH]1.O=C(O)C(F)(F)F. The Morgan fingerprint density at radius 2 is 1.84 bits per heavy atom. The zero-order valence-corrected chi connectivity index (χ0v) is 13.0. The zero-order valence-electron chi connectivity index (χ0n) is 13.0. The van der Waals surface area contributed by atoms with Gasteiger partial charge < -0.3 is 15.5 Å². The highest BCUT2D eigenvalue weighted by atomic mass is 19.4. The topological polar surface area (TPSA) is 115 Å². The maximum absolute atomic E-state index is 11.7. The fraction of sp³-hybridized carbons (Fsp3) is 0.267. The van der Waals surface area contributed by atoms with Gasteiger partial charge in [0, 0.05) is 18.2 Å². The molecular weight excluding hydrogens is 343 g/mol. The highest BCUT2D eigenvalue weighted by Gasteiger charge is 2.38. The number of halogens is 3. The van der Waals surface area contributed by atoms with Gasteiger partial charge in [0.05, 0.1) is 0 Å². The van der Waals surface area contributed by atoms with E-state index in [-0.39, 0.29) is 6.42 Å². The van der Waals surface area contributed by atoms with E-state index >= 15 is 0 Å². The number of benzene rings is 1. The van der Waals surface area contributed by atoms with Crippen LogP contribution in [0.15, 0.2) is 36.4 Å². The zero-order chi connectivity index (χ0) is 19.0. The summed E-state index contributed by atoms with van der Waals surface area (Å²) in [6.07, 6.45) is -5.87. The fourth-order valence-corrected chi connectivity index (χ4v) is 1.62. The molecule has 25 heavy (non-hydrogen) atoms. The van der Waals surface area contributed by atoms with E-state index in [2.05, 4.69) is 15.5 Å². The summed E-state index contributed by atoms with van der Waals surface area (Å²) in [5, 5.41) is 26.1. The summed E-state index contributed by atoms with van der Waals surface area (Å²) in [7, 11) is 0. The summed E-state index contributed by atoms with van der Waals surface area (Å²) in [5.74, 6) is -2.79. The number of H-pyrrole nitrogens is 1. The molecule has 0 saturated carbocycles. The number of hydrogen-bond donors (Lipinski definition) is 4. The lowest BCUT2D eigenvalue weighted by Crippen LogP contribution is -2.29. The molecular formula is C15H16F3N3O4. The summed E-state index contributed by atoms with van der Waals surface area (Å²) in [6.45, 7) is 1.84. The standard InChI is InChI=1S/C13H15N3O2.C2HF3O2/c1-9-7-12(16-15-9)14-13(18)11(17)8-10-5-3-2-4-6-10;3-2(4,5)1(6)7/h2-7,11,17H,8H2,1H3,(H2,14,15,16,18);(H,6,7). The third kappa shape index (κ3) is 7.48. The van der Waals surface area contributed by atoms with E-state index in [9.17, 15) is 23.1 Å². The van der Waals surface area contributed by atoms with Gasteiger partial charge in [0.2, 0.25) is 0 Å². The van der Waals surface area contributed by atoms with Gasteiger partial charge in [-0.2, -0.15) is 18.3 Å². The molecule has 0 radical (unpaired) electrons. The minimum atomic E-state index is -5.08. The second kappa shape index (κ2) is 8.83. The van der Waals surface area contributed by atoms with Crippen LogP contribution in [0.1, 0.15) is 11.3 Å². The predicted octanol–water partition coefficient (Wildman–Crippen LogP) is 1.89. The Hall–Kier alpha value is -2.88. The van der Waals surface area contributed by atoms with Crippen molar-refractivity contribution in [3.05, 3.63) is 47.7 Å². The van der Waals surface area contributed by atoms with Crippen molar-refractivity contribution in [2.45, 2.75) is 25.6 Å². The van der Waals surface area contributed by atoms with Crippen LogP contribution in [0.3, 0.4) is 0 Å². The molecule has 0 aliphatic carbocycles. The van der Waals surface area contributed by atoms with Gasteiger partial charge in [0.1, 0.15) is 6.10 Å². The number of rotatable bonds is 4. The van der Waals surface area contributed by atoms with Crippen LogP contribution in [0.25, 0.3) is 0 Å². The number of aryl methyl sites for hydroxylation is 1. The number of nitrogens with zero attached hydrogens (tertiary/aromatic N) is 1. The van der Waals surface area contributed by atoms with Crippen LogP contribution in [0.4, 0.5) is 19.0 Å². The Labute approximate surface area is 140 Å². The lowest BCUT2D eigenvalue weighted by atomic mass is 10.1. The number of nitrogens with one attached hydrogen (secondary N) is 2. The number of alkyl halides is 3. The molecule has 0 aliphatic rings. The van der Waals surface area contributed by atoms with Gasteiger partial charge in [-0.15, -0.1) is 0 Å². The molecule has 2 aromatic rings. The number of carboxylic acids is 1. The highest BCUT2D eigenvalue weighted by Crippen LogP contribution is 2.13. The first kappa shape index (κ1) is 20.2. The van der Waals surface area contributed by atoms with Crippen molar-refractivity contribution < 1.29 is 33.0 Å². The number of aliphatic carboxylic acids is 1. The van der Waals surface area contributed by atoms with Crippen LogP contribution in [0, 0.1) is 6.92 Å². The summed E-state index contributed by atoms with van der Waals surface area (Å²) in [6, 6.07) is 11.1. The van der Waals surface area contributed by atoms with Crippen LogP contribution in [-0.4, -0.2) is 44.6 Å². The normalized spacial score (nSPS) is 11.9. The van der Waals surface area contributed by atoms with Gasteiger partial charge in [-0.1, -0.05) is 30.3 Å². The number of carbonyl (C=O) groups excluding carboxylic acids is 1. The van der Waals surface area contributed by atoms with Gasteiger partial charge in [-0.25, -0.2) is 4.79 Å². The lowest BCUT2D eigenvalue weighted by Gasteiger charge is -2.09. The Morgan fingerprint density at radius 3 is 2.28 bits per heavy atom. The largest absolute Gasteiger partial charge is 0.490 e. The number of carbonyl (C=O) groups is 2. The molecule has 0 bridgehead atoms. The van der Waals surface area contributed by atoms with Crippen LogP contribution >= 0.6 is 0 Å².